The molecule has 1 heterocycles. The van der Waals surface area contributed by atoms with Gasteiger partial charge in [0.25, 0.3) is 5.91 Å². The Balaban J connectivity index is 2.34. The predicted octanol–water partition coefficient (Wildman–Crippen LogP) is 3.67. The third kappa shape index (κ3) is 3.28. The molecule has 1 N–H and O–H groups in total. The topological polar surface area (TPSA) is 66.8 Å². The minimum Gasteiger partial charge on any atom is -0.497 e. The number of carbonyl (C=O) groups excluding carboxylic acids is 1. The van der Waals surface area contributed by atoms with Gasteiger partial charge in [-0.2, -0.15) is 0 Å². The number of amides is 1. The average Bonchev–Trinajstić information content (AvgIpc) is 2.95. The molecule has 0 fully saturated rings. The van der Waals surface area contributed by atoms with Crippen molar-refractivity contribution in [3.05, 3.63) is 40.1 Å². The summed E-state index contributed by atoms with van der Waals surface area (Å²) in [5.74, 6) is -0.567. The third-order valence-electron chi connectivity index (χ3n) is 4.20. The highest BCUT2D eigenvalue weighted by atomic mass is 32.1. The van der Waals surface area contributed by atoms with Crippen molar-refractivity contribution < 1.29 is 19.4 Å². The monoisotopic (exact) mass is 347 g/mol. The van der Waals surface area contributed by atoms with Crippen LogP contribution in [-0.2, 0) is 4.79 Å². The summed E-state index contributed by atoms with van der Waals surface area (Å²) < 4.78 is 5.16. The highest BCUT2D eigenvalue weighted by Gasteiger charge is 2.36. The Labute approximate surface area is 145 Å². The quantitative estimate of drug-likeness (QED) is 0.896. The molecule has 0 radical (unpaired) electrons. The third-order valence-corrected chi connectivity index (χ3v) is 5.23. The molecule has 0 saturated carbocycles. The van der Waals surface area contributed by atoms with E-state index in [2.05, 4.69) is 0 Å². The number of thiophene rings is 1. The van der Waals surface area contributed by atoms with Gasteiger partial charge in [0.15, 0.2) is 0 Å². The van der Waals surface area contributed by atoms with E-state index in [0.717, 1.165) is 21.8 Å². The summed E-state index contributed by atoms with van der Waals surface area (Å²) in [4.78, 5) is 26.8. The molecule has 0 bridgehead atoms. The van der Waals surface area contributed by atoms with E-state index in [0.29, 0.717) is 4.88 Å². The summed E-state index contributed by atoms with van der Waals surface area (Å²) >= 11 is 1.37. The zero-order valence-corrected chi connectivity index (χ0v) is 15.2. The lowest BCUT2D eigenvalue weighted by atomic mass is 10.0. The maximum absolute atomic E-state index is 12.6. The lowest BCUT2D eigenvalue weighted by Crippen LogP contribution is -2.50. The number of benzene rings is 1. The maximum atomic E-state index is 12.6. The molecule has 1 amide bonds. The second-order valence-electron chi connectivity index (χ2n) is 6.04. The number of ether oxygens (including phenoxy) is 1. The number of hydrogen-bond acceptors (Lipinski definition) is 4. The first-order chi connectivity index (χ1) is 11.2. The summed E-state index contributed by atoms with van der Waals surface area (Å²) in [6.45, 7) is 4.97. The summed E-state index contributed by atoms with van der Waals surface area (Å²) in [7, 11) is 3.13. The molecular weight excluding hydrogens is 326 g/mol. The van der Waals surface area contributed by atoms with Crippen LogP contribution >= 0.6 is 11.3 Å². The predicted molar refractivity (Wildman–Crippen MR) is 94.9 cm³/mol. The molecule has 0 atom stereocenters. The molecule has 24 heavy (non-hydrogen) atoms. The minimum absolute atomic E-state index is 0.296. The van der Waals surface area contributed by atoms with E-state index < -0.39 is 11.5 Å². The number of aryl methyl sites for hydroxylation is 1. The van der Waals surface area contributed by atoms with Crippen LogP contribution in [0.3, 0.4) is 0 Å². The number of nitrogens with zero attached hydrogens (tertiary/aromatic N) is 1. The lowest BCUT2D eigenvalue weighted by molar-refractivity contribution is -0.147. The molecule has 0 aliphatic heterocycles. The molecule has 1 aromatic heterocycles. The number of methoxy groups -OCH3 is 1. The first kappa shape index (κ1) is 18.0. The number of rotatable bonds is 5. The number of carboxylic acid groups (broad SMARTS) is 1. The molecule has 1 aromatic carbocycles. The molecule has 6 heteroatoms. The number of carbonyl (C=O) groups is 2. The van der Waals surface area contributed by atoms with Crippen molar-refractivity contribution in [2.45, 2.75) is 26.3 Å². The number of hydrogen-bond donors (Lipinski definition) is 1. The lowest BCUT2D eigenvalue weighted by Gasteiger charge is -2.31. The van der Waals surface area contributed by atoms with Crippen molar-refractivity contribution in [3.8, 4) is 16.9 Å². The van der Waals surface area contributed by atoms with Gasteiger partial charge in [-0.25, -0.2) is 4.79 Å². The van der Waals surface area contributed by atoms with Crippen molar-refractivity contribution in [2.24, 2.45) is 0 Å². The molecular formula is C18H21NO4S. The smallest absolute Gasteiger partial charge is 0.329 e. The molecule has 2 aromatic rings. The summed E-state index contributed by atoms with van der Waals surface area (Å²) in [6.07, 6.45) is 0. The van der Waals surface area contributed by atoms with Crippen LogP contribution < -0.4 is 4.74 Å². The molecule has 0 aliphatic carbocycles. The Morgan fingerprint density at radius 1 is 1.21 bits per heavy atom. The Bertz CT molecular complexity index is 762. The van der Waals surface area contributed by atoms with E-state index in [1.165, 1.54) is 37.1 Å². The largest absolute Gasteiger partial charge is 0.497 e. The van der Waals surface area contributed by atoms with Crippen LogP contribution in [0.2, 0.25) is 0 Å². The first-order valence-electron chi connectivity index (χ1n) is 7.45. The fraction of sp³-hybridized carbons (Fsp3) is 0.333. The van der Waals surface area contributed by atoms with Crippen LogP contribution in [0.15, 0.2) is 30.3 Å². The SMILES string of the molecule is COc1ccc(-c2cc(C(=O)N(C)C(C)(C)C(=O)O)sc2C)cc1. The maximum Gasteiger partial charge on any atom is 0.329 e. The van der Waals surface area contributed by atoms with Gasteiger partial charge >= 0.3 is 5.97 Å². The molecule has 0 aliphatic rings. The van der Waals surface area contributed by atoms with Crippen LogP contribution in [0.25, 0.3) is 11.1 Å². The number of carboxylic acids is 1. The van der Waals surface area contributed by atoms with E-state index in [1.807, 2.05) is 37.3 Å². The normalized spacial score (nSPS) is 11.2. The van der Waals surface area contributed by atoms with E-state index >= 15 is 0 Å². The molecule has 5 nitrogen and oxygen atoms in total. The van der Waals surface area contributed by atoms with Gasteiger partial charge in [-0.1, -0.05) is 12.1 Å². The Kier molecular flexibility index (Phi) is 4.99. The Morgan fingerprint density at radius 2 is 1.79 bits per heavy atom. The minimum atomic E-state index is -1.27. The molecule has 128 valence electrons. The van der Waals surface area contributed by atoms with E-state index in [4.69, 9.17) is 4.74 Å². The van der Waals surface area contributed by atoms with E-state index in [1.54, 1.807) is 7.11 Å². The van der Waals surface area contributed by atoms with E-state index in [-0.39, 0.29) is 5.91 Å². The highest BCUT2D eigenvalue weighted by Crippen LogP contribution is 2.33. The zero-order chi connectivity index (χ0) is 18.1. The fourth-order valence-corrected chi connectivity index (χ4v) is 3.22. The van der Waals surface area contributed by atoms with Gasteiger partial charge in [0.1, 0.15) is 11.3 Å². The summed E-state index contributed by atoms with van der Waals surface area (Å²) in [5.41, 5.74) is 0.686. The van der Waals surface area contributed by atoms with Gasteiger partial charge in [0.05, 0.1) is 12.0 Å². The van der Waals surface area contributed by atoms with Gasteiger partial charge < -0.3 is 14.7 Å². The van der Waals surface area contributed by atoms with Crippen LogP contribution in [0.1, 0.15) is 28.4 Å². The van der Waals surface area contributed by atoms with E-state index in [9.17, 15) is 14.7 Å². The van der Waals surface area contributed by atoms with Crippen molar-refractivity contribution in [2.75, 3.05) is 14.2 Å². The zero-order valence-electron chi connectivity index (χ0n) is 14.4. The molecule has 0 unspecified atom stereocenters. The van der Waals surface area contributed by atoms with Crippen molar-refractivity contribution in [1.82, 2.24) is 4.90 Å². The van der Waals surface area contributed by atoms with Crippen molar-refractivity contribution >= 4 is 23.2 Å². The fourth-order valence-electron chi connectivity index (χ4n) is 2.21. The average molecular weight is 347 g/mol. The second-order valence-corrected chi connectivity index (χ2v) is 7.29. The molecule has 2 rings (SSSR count). The van der Waals surface area contributed by atoms with Crippen LogP contribution in [0, 0.1) is 6.92 Å². The van der Waals surface area contributed by atoms with Crippen molar-refractivity contribution in [1.29, 1.82) is 0 Å². The molecule has 0 spiro atoms. The van der Waals surface area contributed by atoms with Crippen molar-refractivity contribution in [3.63, 3.8) is 0 Å². The van der Waals surface area contributed by atoms with Gasteiger partial charge in [0, 0.05) is 11.9 Å². The van der Waals surface area contributed by atoms with Crippen LogP contribution in [-0.4, -0.2) is 41.6 Å². The van der Waals surface area contributed by atoms with Gasteiger partial charge in [-0.3, -0.25) is 4.79 Å². The van der Waals surface area contributed by atoms with Gasteiger partial charge in [0.2, 0.25) is 0 Å². The van der Waals surface area contributed by atoms with Crippen LogP contribution in [0.5, 0.6) is 5.75 Å². The Hall–Kier alpha value is -2.34. The Morgan fingerprint density at radius 3 is 2.29 bits per heavy atom. The van der Waals surface area contributed by atoms with Gasteiger partial charge in [-0.15, -0.1) is 11.3 Å². The first-order valence-corrected chi connectivity index (χ1v) is 8.26. The highest BCUT2D eigenvalue weighted by molar-refractivity contribution is 7.14. The van der Waals surface area contributed by atoms with Crippen LogP contribution in [0.4, 0.5) is 0 Å². The number of aliphatic carboxylic acids is 1. The standard InChI is InChI=1S/C18H21NO4S/c1-11-14(12-6-8-13(23-5)9-7-12)10-15(24-11)16(20)19(4)18(2,3)17(21)22/h6-10H,1-5H3,(H,21,22). The van der Waals surface area contributed by atoms with Gasteiger partial charge in [-0.05, 0) is 50.1 Å². The summed E-state index contributed by atoms with van der Waals surface area (Å²) in [6, 6.07) is 9.43. The summed E-state index contributed by atoms with van der Waals surface area (Å²) in [5, 5.41) is 9.29. The molecule has 0 saturated heterocycles. The number of likely N-dealkylation sites (N-methyl/N-ethyl adjacent to an activating group) is 1. The second kappa shape index (κ2) is 6.65.